The molecule has 0 aromatic heterocycles. The fourth-order valence-electron chi connectivity index (χ4n) is 2.28. The van der Waals surface area contributed by atoms with Gasteiger partial charge in [0.05, 0.1) is 17.1 Å². The molecule has 23 heavy (non-hydrogen) atoms. The first kappa shape index (κ1) is 15.4. The standard InChI is InChI=1S/C16H16N2O4S/c1-11-16(19)17-14-9-13(7-8-15(14)22-11)18-23(20,21)10-12-5-3-2-4-6-12/h2-9,11,18H,10H2,1H3,(H,17,19). The fraction of sp³-hybridized carbons (Fsp3) is 0.188. The molecule has 1 atom stereocenters. The van der Waals surface area contributed by atoms with E-state index in [9.17, 15) is 13.2 Å². The van der Waals surface area contributed by atoms with Gasteiger partial charge in [0.2, 0.25) is 10.0 Å². The Morgan fingerprint density at radius 2 is 1.91 bits per heavy atom. The van der Waals surface area contributed by atoms with Crippen LogP contribution in [0.15, 0.2) is 48.5 Å². The summed E-state index contributed by atoms with van der Waals surface area (Å²) in [5.74, 6) is 0.134. The highest BCUT2D eigenvalue weighted by molar-refractivity contribution is 7.91. The topological polar surface area (TPSA) is 84.5 Å². The first-order chi connectivity index (χ1) is 10.9. The average Bonchev–Trinajstić information content (AvgIpc) is 2.49. The van der Waals surface area contributed by atoms with Gasteiger partial charge in [0.1, 0.15) is 5.75 Å². The smallest absolute Gasteiger partial charge is 0.265 e. The summed E-state index contributed by atoms with van der Waals surface area (Å²) in [5, 5.41) is 2.69. The number of hydrogen-bond donors (Lipinski definition) is 2. The molecule has 0 bridgehead atoms. The molecule has 3 rings (SSSR count). The maximum atomic E-state index is 12.2. The van der Waals surface area contributed by atoms with Crippen molar-refractivity contribution < 1.29 is 17.9 Å². The zero-order valence-electron chi connectivity index (χ0n) is 12.4. The summed E-state index contributed by atoms with van der Waals surface area (Å²) in [6, 6.07) is 13.7. The molecule has 1 aliphatic rings. The number of carbonyl (C=O) groups is 1. The van der Waals surface area contributed by atoms with Crippen molar-refractivity contribution in [2.45, 2.75) is 18.8 Å². The summed E-state index contributed by atoms with van der Waals surface area (Å²) in [6.07, 6.45) is -0.567. The maximum Gasteiger partial charge on any atom is 0.265 e. The van der Waals surface area contributed by atoms with E-state index in [4.69, 9.17) is 4.74 Å². The van der Waals surface area contributed by atoms with E-state index in [1.807, 2.05) is 6.07 Å². The lowest BCUT2D eigenvalue weighted by Crippen LogP contribution is -2.34. The predicted molar refractivity (Wildman–Crippen MR) is 87.9 cm³/mol. The maximum absolute atomic E-state index is 12.2. The van der Waals surface area contributed by atoms with Crippen molar-refractivity contribution in [1.29, 1.82) is 0 Å². The van der Waals surface area contributed by atoms with E-state index in [0.717, 1.165) is 0 Å². The van der Waals surface area contributed by atoms with E-state index in [-0.39, 0.29) is 11.7 Å². The van der Waals surface area contributed by atoms with Crippen LogP contribution in [0.3, 0.4) is 0 Å². The van der Waals surface area contributed by atoms with Gasteiger partial charge in [0, 0.05) is 0 Å². The van der Waals surface area contributed by atoms with Crippen molar-refractivity contribution in [3.05, 3.63) is 54.1 Å². The van der Waals surface area contributed by atoms with Gasteiger partial charge in [-0.3, -0.25) is 9.52 Å². The molecule has 1 heterocycles. The van der Waals surface area contributed by atoms with E-state index in [2.05, 4.69) is 10.0 Å². The van der Waals surface area contributed by atoms with Gasteiger partial charge in [-0.15, -0.1) is 0 Å². The van der Waals surface area contributed by atoms with Crippen molar-refractivity contribution in [1.82, 2.24) is 0 Å². The van der Waals surface area contributed by atoms with Gasteiger partial charge in [-0.05, 0) is 30.7 Å². The molecule has 2 aromatic carbocycles. The van der Waals surface area contributed by atoms with Gasteiger partial charge in [-0.2, -0.15) is 0 Å². The molecule has 7 heteroatoms. The molecule has 0 aliphatic carbocycles. The quantitative estimate of drug-likeness (QED) is 0.900. The van der Waals surface area contributed by atoms with Crippen LogP contribution in [0.5, 0.6) is 5.75 Å². The molecule has 120 valence electrons. The number of nitrogens with one attached hydrogen (secondary N) is 2. The summed E-state index contributed by atoms with van der Waals surface area (Å²) in [7, 11) is -3.54. The SMILES string of the molecule is CC1Oc2ccc(NS(=O)(=O)Cc3ccccc3)cc2NC1=O. The fourth-order valence-corrected chi connectivity index (χ4v) is 3.47. The number of benzene rings is 2. The lowest BCUT2D eigenvalue weighted by molar-refractivity contribution is -0.122. The van der Waals surface area contributed by atoms with Crippen LogP contribution in [0.1, 0.15) is 12.5 Å². The Morgan fingerprint density at radius 1 is 1.17 bits per heavy atom. The molecular formula is C16H16N2O4S. The third kappa shape index (κ3) is 3.62. The van der Waals surface area contributed by atoms with E-state index in [0.29, 0.717) is 22.7 Å². The third-order valence-electron chi connectivity index (χ3n) is 3.38. The van der Waals surface area contributed by atoms with Crippen molar-refractivity contribution in [3.63, 3.8) is 0 Å². The first-order valence-corrected chi connectivity index (χ1v) is 8.74. The Bertz CT molecular complexity index is 834. The summed E-state index contributed by atoms with van der Waals surface area (Å²) >= 11 is 0. The van der Waals surface area contributed by atoms with Crippen molar-refractivity contribution in [2.75, 3.05) is 10.0 Å². The number of sulfonamides is 1. The first-order valence-electron chi connectivity index (χ1n) is 7.09. The highest BCUT2D eigenvalue weighted by Gasteiger charge is 2.24. The Morgan fingerprint density at radius 3 is 2.65 bits per heavy atom. The minimum Gasteiger partial charge on any atom is -0.479 e. The van der Waals surface area contributed by atoms with Gasteiger partial charge in [-0.1, -0.05) is 30.3 Å². The molecule has 1 aliphatic heterocycles. The van der Waals surface area contributed by atoms with Gasteiger partial charge >= 0.3 is 0 Å². The Balaban J connectivity index is 1.78. The second kappa shape index (κ2) is 5.92. The second-order valence-corrected chi connectivity index (χ2v) is 7.03. The molecule has 1 unspecified atom stereocenters. The Kier molecular flexibility index (Phi) is 3.96. The van der Waals surface area contributed by atoms with Crippen LogP contribution in [0.2, 0.25) is 0 Å². The van der Waals surface area contributed by atoms with E-state index in [1.165, 1.54) is 0 Å². The number of hydrogen-bond acceptors (Lipinski definition) is 4. The van der Waals surface area contributed by atoms with Crippen LogP contribution in [0, 0.1) is 0 Å². The number of fused-ring (bicyclic) bond motifs is 1. The normalized spacial score (nSPS) is 16.9. The summed E-state index contributed by atoms with van der Waals surface area (Å²) in [4.78, 5) is 11.6. The van der Waals surface area contributed by atoms with Crippen LogP contribution in [-0.2, 0) is 20.6 Å². The number of anilines is 2. The number of carbonyl (C=O) groups excluding carboxylic acids is 1. The van der Waals surface area contributed by atoms with Gasteiger partial charge in [0.15, 0.2) is 6.10 Å². The summed E-state index contributed by atoms with van der Waals surface area (Å²) < 4.78 is 32.4. The molecule has 0 spiro atoms. The Hall–Kier alpha value is -2.54. The van der Waals surface area contributed by atoms with E-state index >= 15 is 0 Å². The second-order valence-electron chi connectivity index (χ2n) is 5.31. The van der Waals surface area contributed by atoms with Crippen LogP contribution in [-0.4, -0.2) is 20.4 Å². The molecule has 0 fully saturated rings. The number of rotatable bonds is 4. The minimum atomic E-state index is -3.54. The van der Waals surface area contributed by atoms with E-state index < -0.39 is 16.1 Å². The van der Waals surface area contributed by atoms with Crippen molar-refractivity contribution in [2.24, 2.45) is 0 Å². The largest absolute Gasteiger partial charge is 0.479 e. The van der Waals surface area contributed by atoms with Crippen LogP contribution < -0.4 is 14.8 Å². The highest BCUT2D eigenvalue weighted by Crippen LogP contribution is 2.32. The van der Waals surface area contributed by atoms with Crippen LogP contribution >= 0.6 is 0 Å². The minimum absolute atomic E-state index is 0.120. The average molecular weight is 332 g/mol. The third-order valence-corrected chi connectivity index (χ3v) is 4.64. The van der Waals surface area contributed by atoms with Crippen molar-refractivity contribution in [3.8, 4) is 5.75 Å². The van der Waals surface area contributed by atoms with Crippen LogP contribution in [0.4, 0.5) is 11.4 Å². The molecule has 1 amide bonds. The highest BCUT2D eigenvalue weighted by atomic mass is 32.2. The molecule has 2 aromatic rings. The molecule has 0 radical (unpaired) electrons. The van der Waals surface area contributed by atoms with Gasteiger partial charge in [-0.25, -0.2) is 8.42 Å². The summed E-state index contributed by atoms with van der Waals surface area (Å²) in [6.45, 7) is 1.65. The van der Waals surface area contributed by atoms with Gasteiger partial charge < -0.3 is 10.1 Å². The lowest BCUT2D eigenvalue weighted by Gasteiger charge is -2.23. The lowest BCUT2D eigenvalue weighted by atomic mass is 10.2. The molecule has 6 nitrogen and oxygen atoms in total. The zero-order chi connectivity index (χ0) is 16.4. The monoisotopic (exact) mass is 332 g/mol. The molecule has 0 saturated heterocycles. The Labute approximate surface area is 134 Å². The predicted octanol–water partition coefficient (Wildman–Crippen LogP) is 2.35. The van der Waals surface area contributed by atoms with E-state index in [1.54, 1.807) is 49.4 Å². The molecular weight excluding hydrogens is 316 g/mol. The number of ether oxygens (including phenoxy) is 1. The summed E-state index contributed by atoms with van der Waals surface area (Å²) in [5.41, 5.74) is 1.52. The molecule has 0 saturated carbocycles. The molecule has 2 N–H and O–H groups in total. The van der Waals surface area contributed by atoms with Crippen LogP contribution in [0.25, 0.3) is 0 Å². The van der Waals surface area contributed by atoms with Crippen molar-refractivity contribution >= 4 is 27.3 Å². The van der Waals surface area contributed by atoms with Gasteiger partial charge in [0.25, 0.3) is 5.91 Å². The zero-order valence-corrected chi connectivity index (χ0v) is 13.3. The number of amides is 1.